The van der Waals surface area contributed by atoms with Gasteiger partial charge in [0.2, 0.25) is 0 Å². The number of alkyl halides is 8. The maximum Gasteiger partial charge on any atom is 0.423 e. The first-order valence-corrected chi connectivity index (χ1v) is 12.7. The van der Waals surface area contributed by atoms with Gasteiger partial charge < -0.3 is 14.6 Å². The van der Waals surface area contributed by atoms with Gasteiger partial charge in [0.05, 0.1) is 35.0 Å². The molecule has 0 fully saturated rings. The minimum Gasteiger partial charge on any atom is -0.380 e. The van der Waals surface area contributed by atoms with Crippen LogP contribution >= 0.6 is 0 Å². The van der Waals surface area contributed by atoms with Crippen molar-refractivity contribution in [3.63, 3.8) is 0 Å². The molecule has 0 saturated carbocycles. The number of nitrogens with zero attached hydrogens (tertiary/aromatic N) is 4. The largest absolute Gasteiger partial charge is 0.423 e. The van der Waals surface area contributed by atoms with Crippen LogP contribution in [-0.2, 0) is 23.6 Å². The first-order valence-electron chi connectivity index (χ1n) is 12.7. The normalized spacial score (nSPS) is 13.0. The van der Waals surface area contributed by atoms with Crippen molar-refractivity contribution in [2.45, 2.75) is 50.8 Å². The zero-order chi connectivity index (χ0) is 32.2. The first-order chi connectivity index (χ1) is 20.6. The van der Waals surface area contributed by atoms with Crippen LogP contribution in [0.4, 0.5) is 45.2 Å². The van der Waals surface area contributed by atoms with E-state index >= 15 is 0 Å². The highest BCUT2D eigenvalue weighted by molar-refractivity contribution is 5.86. The number of nitrogens with one attached hydrogen (secondary N) is 2. The summed E-state index contributed by atoms with van der Waals surface area (Å²) in [5, 5.41) is 7.70. The topological polar surface area (TPSA) is 115 Å². The van der Waals surface area contributed by atoms with Crippen LogP contribution in [0.15, 0.2) is 52.6 Å². The van der Waals surface area contributed by atoms with E-state index in [1.165, 1.54) is 22.9 Å². The molecule has 236 valence electrons. The second-order valence-electron chi connectivity index (χ2n) is 9.42. The quantitative estimate of drug-likeness (QED) is 0.206. The minimum absolute atomic E-state index is 0.0200. The van der Waals surface area contributed by atoms with Crippen molar-refractivity contribution in [1.82, 2.24) is 24.7 Å². The van der Waals surface area contributed by atoms with Gasteiger partial charge in [-0.25, -0.2) is 19.5 Å². The number of anilines is 1. The Labute approximate surface area is 240 Å². The summed E-state index contributed by atoms with van der Waals surface area (Å²) in [6, 6.07) is 2.61. The highest BCUT2D eigenvalue weighted by atomic mass is 19.4. The van der Waals surface area contributed by atoms with Gasteiger partial charge in [-0.2, -0.15) is 40.2 Å². The van der Waals surface area contributed by atoms with Gasteiger partial charge in [0, 0.05) is 31.2 Å². The lowest BCUT2D eigenvalue weighted by Crippen LogP contribution is -2.29. The zero-order valence-electron chi connectivity index (χ0n) is 22.1. The summed E-state index contributed by atoms with van der Waals surface area (Å²) in [7, 11) is 0. The van der Waals surface area contributed by atoms with Gasteiger partial charge in [-0.1, -0.05) is 0 Å². The van der Waals surface area contributed by atoms with Gasteiger partial charge in [0.25, 0.3) is 11.1 Å². The lowest BCUT2D eigenvalue weighted by atomic mass is 10.1. The fraction of sp³-hybridized carbons (Fsp3) is 0.346. The van der Waals surface area contributed by atoms with Crippen LogP contribution in [0, 0.1) is 5.82 Å². The van der Waals surface area contributed by atoms with Crippen molar-refractivity contribution in [2.24, 2.45) is 0 Å². The van der Waals surface area contributed by atoms with Crippen molar-refractivity contribution in [2.75, 3.05) is 11.9 Å². The number of H-pyrrole nitrogens is 1. The molecular weight excluding hydrogens is 615 g/mol. The summed E-state index contributed by atoms with van der Waals surface area (Å²) in [5.41, 5.74) is -5.75. The molecule has 3 heterocycles. The number of pyridine rings is 1. The minimum atomic E-state index is -5.05. The van der Waals surface area contributed by atoms with E-state index in [0.29, 0.717) is 12.4 Å². The van der Waals surface area contributed by atoms with E-state index < -0.39 is 65.4 Å². The molecule has 0 aliphatic carbocycles. The number of fused-ring (bicyclic) bond motifs is 1. The number of rotatable bonds is 11. The molecule has 0 aliphatic heterocycles. The van der Waals surface area contributed by atoms with Gasteiger partial charge in [-0.05, 0) is 42.8 Å². The second-order valence-corrected chi connectivity index (χ2v) is 9.42. The summed E-state index contributed by atoms with van der Waals surface area (Å²) in [6.45, 7) is -3.67. The molecule has 1 unspecified atom stereocenters. The molecule has 44 heavy (non-hydrogen) atoms. The van der Waals surface area contributed by atoms with E-state index in [0.717, 1.165) is 12.3 Å². The monoisotopic (exact) mass is 636 g/mol. The van der Waals surface area contributed by atoms with E-state index in [1.807, 2.05) is 0 Å². The third-order valence-electron chi connectivity index (χ3n) is 6.45. The summed E-state index contributed by atoms with van der Waals surface area (Å²) in [6.07, 6.45) is -6.69. The SMILES string of the molecule is O=c1[nH]ncc(NC(CCCn2ccc3cc(-c4ncc(C(F)(F)F)cn4)c(F)cc3c2=O)CCOC(F)F)c1C(F)(F)F. The van der Waals surface area contributed by atoms with E-state index in [2.05, 4.69) is 25.1 Å². The highest BCUT2D eigenvalue weighted by Crippen LogP contribution is 2.32. The summed E-state index contributed by atoms with van der Waals surface area (Å²) in [4.78, 5) is 32.0. The molecule has 9 nitrogen and oxygen atoms in total. The Bertz CT molecular complexity index is 1720. The van der Waals surface area contributed by atoms with E-state index in [9.17, 15) is 49.1 Å². The van der Waals surface area contributed by atoms with Crippen molar-refractivity contribution in [3.05, 3.63) is 80.6 Å². The average Bonchev–Trinajstić information content (AvgIpc) is 2.93. The fourth-order valence-corrected chi connectivity index (χ4v) is 4.37. The number of benzene rings is 1. The van der Waals surface area contributed by atoms with E-state index in [-0.39, 0.29) is 48.0 Å². The van der Waals surface area contributed by atoms with E-state index in [4.69, 9.17) is 0 Å². The number of aryl methyl sites for hydroxylation is 1. The van der Waals surface area contributed by atoms with Gasteiger partial charge in [-0.3, -0.25) is 9.59 Å². The molecule has 0 spiro atoms. The van der Waals surface area contributed by atoms with Gasteiger partial charge in [-0.15, -0.1) is 0 Å². The molecule has 4 rings (SSSR count). The molecular formula is C26H21F9N6O3. The first kappa shape index (κ1) is 32.4. The lowest BCUT2D eigenvalue weighted by molar-refractivity contribution is -0.139. The molecule has 0 bridgehead atoms. The van der Waals surface area contributed by atoms with Crippen LogP contribution in [-0.4, -0.2) is 44.0 Å². The fourth-order valence-electron chi connectivity index (χ4n) is 4.37. The molecule has 0 saturated heterocycles. The Morgan fingerprint density at radius 2 is 1.68 bits per heavy atom. The van der Waals surface area contributed by atoms with Gasteiger partial charge in [0.1, 0.15) is 11.4 Å². The van der Waals surface area contributed by atoms with Gasteiger partial charge in [0.15, 0.2) is 5.82 Å². The average molecular weight is 636 g/mol. The number of aromatic nitrogens is 5. The van der Waals surface area contributed by atoms with E-state index in [1.54, 1.807) is 5.10 Å². The molecule has 18 heteroatoms. The molecule has 0 amide bonds. The molecule has 2 N–H and O–H groups in total. The lowest BCUT2D eigenvalue weighted by Gasteiger charge is -2.22. The predicted molar refractivity (Wildman–Crippen MR) is 137 cm³/mol. The molecule has 1 atom stereocenters. The number of aromatic amines is 1. The van der Waals surface area contributed by atoms with Crippen molar-refractivity contribution in [3.8, 4) is 11.4 Å². The van der Waals surface area contributed by atoms with Crippen molar-refractivity contribution in [1.29, 1.82) is 0 Å². The van der Waals surface area contributed by atoms with Crippen molar-refractivity contribution >= 4 is 16.5 Å². The molecule has 0 aliphatic rings. The third kappa shape index (κ3) is 7.72. The van der Waals surface area contributed by atoms with Crippen LogP contribution < -0.4 is 16.4 Å². The van der Waals surface area contributed by atoms with Crippen LogP contribution in [0.25, 0.3) is 22.2 Å². The highest BCUT2D eigenvalue weighted by Gasteiger charge is 2.38. The third-order valence-corrected chi connectivity index (χ3v) is 6.45. The Balaban J connectivity index is 1.52. The molecule has 4 aromatic rings. The standard InChI is InChI=1S/C26H21F9N6O3/c27-18-9-16-13(8-17(18)21-36-10-14(11-37-21)25(30,31)32)3-6-41(23(16)43)5-1-2-15(4-7-44-24(28)29)39-19-12-38-40-22(42)20(19)26(33,34)35/h3,6,8-12,15,24H,1-2,4-5,7H2,(H2,39,40,42). The molecule has 0 radical (unpaired) electrons. The summed E-state index contributed by atoms with van der Waals surface area (Å²) in [5.74, 6) is -1.30. The maximum atomic E-state index is 14.9. The Kier molecular flexibility index (Phi) is 9.60. The number of halogens is 9. The van der Waals surface area contributed by atoms with Gasteiger partial charge >= 0.3 is 19.0 Å². The second kappa shape index (κ2) is 13.0. The summed E-state index contributed by atoms with van der Waals surface area (Å²) >= 11 is 0. The number of hydrogen-bond acceptors (Lipinski definition) is 7. The zero-order valence-corrected chi connectivity index (χ0v) is 22.1. The van der Waals surface area contributed by atoms with Crippen LogP contribution in [0.2, 0.25) is 0 Å². The number of ether oxygens (including phenoxy) is 1. The molecule has 3 aromatic heterocycles. The maximum absolute atomic E-state index is 14.9. The molecule has 1 aromatic carbocycles. The van der Waals surface area contributed by atoms with Crippen LogP contribution in [0.5, 0.6) is 0 Å². The smallest absolute Gasteiger partial charge is 0.380 e. The Morgan fingerprint density at radius 3 is 2.32 bits per heavy atom. The number of hydrogen-bond donors (Lipinski definition) is 2. The van der Waals surface area contributed by atoms with Crippen LogP contribution in [0.3, 0.4) is 0 Å². The Morgan fingerprint density at radius 1 is 0.977 bits per heavy atom. The summed E-state index contributed by atoms with van der Waals surface area (Å²) < 4.78 is 124. The predicted octanol–water partition coefficient (Wildman–Crippen LogP) is 5.61. The van der Waals surface area contributed by atoms with Crippen molar-refractivity contribution < 1.29 is 44.3 Å². The van der Waals surface area contributed by atoms with Crippen LogP contribution in [0.1, 0.15) is 30.4 Å². The Hall–Kier alpha value is -4.48.